The molecular formula is C18H22ClN3. The van der Waals surface area contributed by atoms with Crippen LogP contribution in [0.4, 0.5) is 5.69 Å². The van der Waals surface area contributed by atoms with Crippen LogP contribution in [0.3, 0.4) is 0 Å². The molecule has 0 saturated heterocycles. The molecule has 116 valence electrons. The van der Waals surface area contributed by atoms with Crippen molar-refractivity contribution in [1.29, 1.82) is 0 Å². The Morgan fingerprint density at radius 3 is 2.73 bits per heavy atom. The first-order chi connectivity index (χ1) is 10.8. The zero-order chi connectivity index (χ0) is 15.6. The predicted octanol–water partition coefficient (Wildman–Crippen LogP) is 4.08. The van der Waals surface area contributed by atoms with Crippen LogP contribution in [0.2, 0.25) is 5.02 Å². The number of fused-ring (bicyclic) bond motifs is 1. The zero-order valence-electron chi connectivity index (χ0n) is 12.7. The number of nitrogens with zero attached hydrogens (tertiary/aromatic N) is 1. The van der Waals surface area contributed by atoms with E-state index in [0.717, 1.165) is 41.1 Å². The van der Waals surface area contributed by atoms with Crippen LogP contribution in [0.1, 0.15) is 25.7 Å². The second-order valence-electron chi connectivity index (χ2n) is 5.24. The molecule has 1 aromatic heterocycles. The molecule has 0 saturated carbocycles. The average Bonchev–Trinajstić information content (AvgIpc) is 2.53. The van der Waals surface area contributed by atoms with Crippen molar-refractivity contribution in [2.45, 2.75) is 25.7 Å². The van der Waals surface area contributed by atoms with Crippen molar-refractivity contribution in [2.75, 3.05) is 25.0 Å². The van der Waals surface area contributed by atoms with Crippen LogP contribution in [0.5, 0.6) is 0 Å². The molecule has 22 heavy (non-hydrogen) atoms. The maximum atomic E-state index is 6.00. The molecule has 0 aliphatic rings. The van der Waals surface area contributed by atoms with E-state index in [9.17, 15) is 0 Å². The van der Waals surface area contributed by atoms with Crippen LogP contribution in [-0.2, 0) is 0 Å². The molecule has 1 heterocycles. The third-order valence-corrected chi connectivity index (χ3v) is 3.76. The maximum absolute atomic E-state index is 6.00. The van der Waals surface area contributed by atoms with E-state index < -0.39 is 0 Å². The van der Waals surface area contributed by atoms with Crippen molar-refractivity contribution in [1.82, 2.24) is 10.3 Å². The number of nitrogens with one attached hydrogen (secondary N) is 2. The maximum Gasteiger partial charge on any atom is 0.0737 e. The summed E-state index contributed by atoms with van der Waals surface area (Å²) >= 11 is 6.00. The molecular weight excluding hydrogens is 294 g/mol. The predicted molar refractivity (Wildman–Crippen MR) is 95.4 cm³/mol. The molecule has 0 atom stereocenters. The molecule has 3 nitrogen and oxygen atoms in total. The Kier molecular flexibility index (Phi) is 7.02. The number of pyridine rings is 1. The van der Waals surface area contributed by atoms with Gasteiger partial charge in [-0.15, -0.1) is 6.42 Å². The molecule has 0 aliphatic carbocycles. The van der Waals surface area contributed by atoms with Gasteiger partial charge >= 0.3 is 0 Å². The number of benzene rings is 1. The first-order valence-corrected chi connectivity index (χ1v) is 8.11. The summed E-state index contributed by atoms with van der Waals surface area (Å²) in [6.45, 7) is 2.65. The highest BCUT2D eigenvalue weighted by Gasteiger charge is 2.02. The third kappa shape index (κ3) is 5.22. The van der Waals surface area contributed by atoms with Crippen molar-refractivity contribution in [3.8, 4) is 12.3 Å². The largest absolute Gasteiger partial charge is 0.384 e. The quantitative estimate of drug-likeness (QED) is 0.541. The number of aromatic nitrogens is 1. The fraction of sp³-hybridized carbons (Fsp3) is 0.389. The Bertz CT molecular complexity index is 634. The third-order valence-electron chi connectivity index (χ3n) is 3.53. The monoisotopic (exact) mass is 315 g/mol. The second kappa shape index (κ2) is 9.30. The lowest BCUT2D eigenvalue weighted by molar-refractivity contribution is 0.616. The van der Waals surface area contributed by atoms with Gasteiger partial charge in [-0.25, -0.2) is 0 Å². The molecule has 4 heteroatoms. The van der Waals surface area contributed by atoms with Gasteiger partial charge in [-0.1, -0.05) is 30.4 Å². The second-order valence-corrected chi connectivity index (χ2v) is 5.68. The number of halogens is 1. The summed E-state index contributed by atoms with van der Waals surface area (Å²) < 4.78 is 0. The minimum atomic E-state index is 0.667. The summed E-state index contributed by atoms with van der Waals surface area (Å²) in [5, 5.41) is 8.53. The van der Waals surface area contributed by atoms with E-state index >= 15 is 0 Å². The molecule has 0 aliphatic heterocycles. The Morgan fingerprint density at radius 1 is 1.09 bits per heavy atom. The molecule has 0 spiro atoms. The summed E-state index contributed by atoms with van der Waals surface area (Å²) in [4.78, 5) is 4.35. The van der Waals surface area contributed by atoms with Crippen molar-refractivity contribution >= 4 is 28.2 Å². The Labute approximate surface area is 137 Å². The summed E-state index contributed by atoms with van der Waals surface area (Å²) in [6, 6.07) is 7.83. The van der Waals surface area contributed by atoms with Gasteiger partial charge < -0.3 is 10.6 Å². The highest BCUT2D eigenvalue weighted by molar-refractivity contribution is 6.31. The Balaban J connectivity index is 1.70. The van der Waals surface area contributed by atoms with Crippen molar-refractivity contribution in [2.24, 2.45) is 0 Å². The van der Waals surface area contributed by atoms with E-state index in [0.29, 0.717) is 6.54 Å². The number of hydrogen-bond acceptors (Lipinski definition) is 3. The van der Waals surface area contributed by atoms with E-state index in [2.05, 4.69) is 21.5 Å². The lowest BCUT2D eigenvalue weighted by Gasteiger charge is -2.09. The van der Waals surface area contributed by atoms with Crippen LogP contribution >= 0.6 is 11.6 Å². The van der Waals surface area contributed by atoms with Gasteiger partial charge in [0.15, 0.2) is 0 Å². The molecule has 1 aromatic carbocycles. The topological polar surface area (TPSA) is 37.0 Å². The standard InChI is InChI=1S/C18H22ClN3/c1-2-10-20-11-5-3-4-6-12-21-17-9-13-22-18-14-15(19)7-8-16(17)18/h1,7-9,13-14,20H,3-6,10-12H2,(H,21,22). The van der Waals surface area contributed by atoms with Crippen LogP contribution in [0.25, 0.3) is 10.9 Å². The average molecular weight is 316 g/mol. The Morgan fingerprint density at radius 2 is 1.91 bits per heavy atom. The summed E-state index contributed by atoms with van der Waals surface area (Å²) in [5.41, 5.74) is 2.05. The van der Waals surface area contributed by atoms with Crippen LogP contribution in [0, 0.1) is 12.3 Å². The smallest absolute Gasteiger partial charge is 0.0737 e. The number of rotatable bonds is 9. The van der Waals surface area contributed by atoms with Gasteiger partial charge in [0.25, 0.3) is 0 Å². The number of terminal acetylenes is 1. The summed E-state index contributed by atoms with van der Waals surface area (Å²) in [7, 11) is 0. The molecule has 2 N–H and O–H groups in total. The molecule has 2 aromatic rings. The highest BCUT2D eigenvalue weighted by Crippen LogP contribution is 2.24. The fourth-order valence-electron chi connectivity index (χ4n) is 2.39. The van der Waals surface area contributed by atoms with Gasteiger partial charge in [0.2, 0.25) is 0 Å². The molecule has 0 fully saturated rings. The lowest BCUT2D eigenvalue weighted by Crippen LogP contribution is -2.15. The Hall–Kier alpha value is -1.76. The van der Waals surface area contributed by atoms with Crippen molar-refractivity contribution in [3.05, 3.63) is 35.5 Å². The minimum Gasteiger partial charge on any atom is -0.384 e. The first kappa shape index (κ1) is 16.6. The molecule has 0 amide bonds. The van der Waals surface area contributed by atoms with E-state index in [4.69, 9.17) is 18.0 Å². The van der Waals surface area contributed by atoms with Gasteiger partial charge in [0.1, 0.15) is 0 Å². The molecule has 0 unspecified atom stereocenters. The van der Waals surface area contributed by atoms with Gasteiger partial charge in [0.05, 0.1) is 12.1 Å². The van der Waals surface area contributed by atoms with Crippen molar-refractivity contribution in [3.63, 3.8) is 0 Å². The zero-order valence-corrected chi connectivity index (χ0v) is 13.5. The first-order valence-electron chi connectivity index (χ1n) is 7.73. The summed E-state index contributed by atoms with van der Waals surface area (Å²) in [6.07, 6.45) is 11.8. The molecule has 0 bridgehead atoms. The normalized spacial score (nSPS) is 10.5. The molecule has 0 radical (unpaired) electrons. The van der Waals surface area contributed by atoms with Crippen molar-refractivity contribution < 1.29 is 0 Å². The minimum absolute atomic E-state index is 0.667. The van der Waals surface area contributed by atoms with E-state index in [1.165, 1.54) is 19.3 Å². The van der Waals surface area contributed by atoms with Gasteiger partial charge in [-0.3, -0.25) is 4.98 Å². The van der Waals surface area contributed by atoms with E-state index in [-0.39, 0.29) is 0 Å². The highest BCUT2D eigenvalue weighted by atomic mass is 35.5. The van der Waals surface area contributed by atoms with Crippen LogP contribution in [0.15, 0.2) is 30.5 Å². The fourth-order valence-corrected chi connectivity index (χ4v) is 2.55. The number of hydrogen-bond donors (Lipinski definition) is 2. The SMILES string of the molecule is C#CCNCCCCCCNc1ccnc2cc(Cl)ccc12. The molecule has 2 rings (SSSR count). The number of anilines is 1. The van der Waals surface area contributed by atoms with Gasteiger partial charge in [-0.2, -0.15) is 0 Å². The van der Waals surface area contributed by atoms with E-state index in [1.807, 2.05) is 30.5 Å². The van der Waals surface area contributed by atoms with Crippen LogP contribution in [-0.4, -0.2) is 24.6 Å². The van der Waals surface area contributed by atoms with Crippen LogP contribution < -0.4 is 10.6 Å². The number of unbranched alkanes of at least 4 members (excludes halogenated alkanes) is 3. The van der Waals surface area contributed by atoms with E-state index in [1.54, 1.807) is 0 Å². The van der Waals surface area contributed by atoms with Gasteiger partial charge in [0, 0.05) is 28.8 Å². The summed E-state index contributed by atoms with van der Waals surface area (Å²) in [5.74, 6) is 2.58. The lowest BCUT2D eigenvalue weighted by atomic mass is 10.1. The van der Waals surface area contributed by atoms with Gasteiger partial charge in [-0.05, 0) is 43.7 Å².